The van der Waals surface area contributed by atoms with Crippen LogP contribution in [0.2, 0.25) is 0 Å². The average molecular weight is 304 g/mol. The Morgan fingerprint density at radius 1 is 1.29 bits per heavy atom. The Morgan fingerprint density at radius 2 is 1.95 bits per heavy atom. The third-order valence-corrected chi connectivity index (χ3v) is 3.25. The molecule has 0 atom stereocenters. The van der Waals surface area contributed by atoms with Crippen molar-refractivity contribution in [2.75, 3.05) is 6.54 Å². The first-order valence-corrected chi connectivity index (χ1v) is 7.70. The van der Waals surface area contributed by atoms with Crippen molar-refractivity contribution >= 4 is 29.2 Å². The number of nitrogens with one attached hydrogen (secondary N) is 1. The minimum absolute atomic E-state index is 0.119. The number of carbonyl (C=O) groups is 1. The summed E-state index contributed by atoms with van der Waals surface area (Å²) in [7, 11) is 0. The number of rotatable bonds is 7. The molecule has 0 aliphatic rings. The fraction of sp³-hybridized carbons (Fsp3) is 0.471. The second kappa shape index (κ2) is 8.67. The smallest absolute Gasteiger partial charge is 0.262 e. The van der Waals surface area contributed by atoms with Crippen LogP contribution in [0.3, 0.4) is 0 Å². The molecule has 1 rings (SSSR count). The molecule has 0 fully saturated rings. The van der Waals surface area contributed by atoms with Crippen LogP contribution >= 0.6 is 12.2 Å². The van der Waals surface area contributed by atoms with Crippen molar-refractivity contribution in [1.29, 1.82) is 0 Å². The van der Waals surface area contributed by atoms with Gasteiger partial charge in [0, 0.05) is 17.3 Å². The highest BCUT2D eigenvalue weighted by Gasteiger charge is 2.07. The maximum atomic E-state index is 11.4. The van der Waals surface area contributed by atoms with Crippen molar-refractivity contribution in [2.24, 2.45) is 4.99 Å². The molecule has 0 spiro atoms. The molecule has 3 nitrogen and oxygen atoms in total. The predicted molar refractivity (Wildman–Crippen MR) is 93.5 cm³/mol. The van der Waals surface area contributed by atoms with Crippen LogP contribution in [0.5, 0.6) is 0 Å². The Kier molecular flexibility index (Phi) is 7.23. The number of carbonyl (C=O) groups excluding carboxylic acids is 1. The Bertz CT molecular complexity index is 521. The molecule has 0 heterocycles. The van der Waals surface area contributed by atoms with E-state index in [-0.39, 0.29) is 11.9 Å². The molecule has 1 amide bonds. The summed E-state index contributed by atoms with van der Waals surface area (Å²) in [5, 5.41) is 2.76. The van der Waals surface area contributed by atoms with Crippen LogP contribution in [0, 0.1) is 0 Å². The molecule has 1 aromatic rings. The molecular weight excluding hydrogens is 280 g/mol. The Balaban J connectivity index is 2.55. The van der Waals surface area contributed by atoms with E-state index in [0.29, 0.717) is 12.5 Å². The molecule has 114 valence electrons. The highest BCUT2D eigenvalue weighted by Crippen LogP contribution is 2.19. The topological polar surface area (TPSA) is 41.5 Å². The second-order valence-corrected chi connectivity index (χ2v) is 6.28. The summed E-state index contributed by atoms with van der Waals surface area (Å²) in [6.45, 7) is 8.60. The number of hydrogen-bond donors (Lipinski definition) is 1. The van der Waals surface area contributed by atoms with Crippen molar-refractivity contribution in [1.82, 2.24) is 5.32 Å². The van der Waals surface area contributed by atoms with Gasteiger partial charge in [0.15, 0.2) is 0 Å². The molecule has 0 aliphatic heterocycles. The summed E-state index contributed by atoms with van der Waals surface area (Å²) >= 11 is 5.38. The SMILES string of the molecule is CC(C)NC(=O)C=NCC(=S)Cc1ccccc1C(C)C. The van der Waals surface area contributed by atoms with Crippen LogP contribution in [0.1, 0.15) is 44.7 Å². The molecular formula is C17H24N2OS. The van der Waals surface area contributed by atoms with Crippen LogP contribution in [0.15, 0.2) is 29.3 Å². The maximum absolute atomic E-state index is 11.4. The monoisotopic (exact) mass is 304 g/mol. The summed E-state index contributed by atoms with van der Waals surface area (Å²) in [4.78, 5) is 16.4. The number of nitrogens with zero attached hydrogens (tertiary/aromatic N) is 1. The van der Waals surface area contributed by atoms with Gasteiger partial charge < -0.3 is 5.32 Å². The van der Waals surface area contributed by atoms with E-state index >= 15 is 0 Å². The van der Waals surface area contributed by atoms with E-state index in [4.69, 9.17) is 12.2 Å². The molecule has 1 aromatic carbocycles. The molecule has 4 heteroatoms. The standard InChI is InChI=1S/C17H24N2OS/c1-12(2)16-8-6-5-7-14(16)9-15(21)10-18-11-17(20)19-13(3)4/h5-8,11-13H,9-10H2,1-4H3,(H,19,20). The number of aliphatic imine (C=N–C) groups is 1. The van der Waals surface area contributed by atoms with E-state index in [1.54, 1.807) is 0 Å². The predicted octanol–water partition coefficient (Wildman–Crippen LogP) is 3.32. The molecule has 21 heavy (non-hydrogen) atoms. The molecule has 1 N–H and O–H groups in total. The normalized spacial score (nSPS) is 11.3. The van der Waals surface area contributed by atoms with Crippen molar-refractivity contribution < 1.29 is 4.79 Å². The lowest BCUT2D eigenvalue weighted by molar-refractivity contribution is -0.114. The minimum Gasteiger partial charge on any atom is -0.349 e. The number of amides is 1. The van der Waals surface area contributed by atoms with E-state index in [0.717, 1.165) is 11.3 Å². The fourth-order valence-electron chi connectivity index (χ4n) is 2.08. The largest absolute Gasteiger partial charge is 0.349 e. The van der Waals surface area contributed by atoms with Crippen LogP contribution in [0.4, 0.5) is 0 Å². The van der Waals surface area contributed by atoms with E-state index in [9.17, 15) is 4.79 Å². The Hall–Kier alpha value is -1.55. The van der Waals surface area contributed by atoms with Crippen molar-refractivity contribution in [3.63, 3.8) is 0 Å². The van der Waals surface area contributed by atoms with Crippen LogP contribution in [0.25, 0.3) is 0 Å². The van der Waals surface area contributed by atoms with Crippen molar-refractivity contribution in [3.8, 4) is 0 Å². The van der Waals surface area contributed by atoms with E-state index in [1.807, 2.05) is 19.9 Å². The van der Waals surface area contributed by atoms with Crippen LogP contribution in [-0.2, 0) is 11.2 Å². The molecule has 0 radical (unpaired) electrons. The van der Waals surface area contributed by atoms with Gasteiger partial charge in [-0.3, -0.25) is 9.79 Å². The van der Waals surface area contributed by atoms with Gasteiger partial charge >= 0.3 is 0 Å². The molecule has 0 bridgehead atoms. The van der Waals surface area contributed by atoms with Gasteiger partial charge in [-0.1, -0.05) is 50.3 Å². The molecule has 0 aliphatic carbocycles. The van der Waals surface area contributed by atoms with Crippen LogP contribution < -0.4 is 5.32 Å². The van der Waals surface area contributed by atoms with Crippen molar-refractivity contribution in [3.05, 3.63) is 35.4 Å². The van der Waals surface area contributed by atoms with Gasteiger partial charge in [-0.15, -0.1) is 0 Å². The summed E-state index contributed by atoms with van der Waals surface area (Å²) in [6, 6.07) is 8.45. The second-order valence-electron chi connectivity index (χ2n) is 5.70. The van der Waals surface area contributed by atoms with Crippen molar-refractivity contribution in [2.45, 2.75) is 46.1 Å². The quantitative estimate of drug-likeness (QED) is 0.620. The lowest BCUT2D eigenvalue weighted by Crippen LogP contribution is -2.31. The average Bonchev–Trinajstić information content (AvgIpc) is 2.38. The third-order valence-electron chi connectivity index (χ3n) is 2.97. The molecule has 0 saturated heterocycles. The molecule has 0 saturated carbocycles. The lowest BCUT2D eigenvalue weighted by atomic mass is 9.94. The lowest BCUT2D eigenvalue weighted by Gasteiger charge is -2.12. The summed E-state index contributed by atoms with van der Waals surface area (Å²) < 4.78 is 0. The first-order chi connectivity index (χ1) is 9.90. The zero-order chi connectivity index (χ0) is 15.8. The minimum atomic E-state index is -0.171. The third kappa shape index (κ3) is 6.63. The fourth-order valence-corrected chi connectivity index (χ4v) is 2.31. The van der Waals surface area contributed by atoms with E-state index < -0.39 is 0 Å². The summed E-state index contributed by atoms with van der Waals surface area (Å²) in [6.07, 6.45) is 2.05. The zero-order valence-corrected chi connectivity index (χ0v) is 14.0. The maximum Gasteiger partial charge on any atom is 0.262 e. The summed E-state index contributed by atoms with van der Waals surface area (Å²) in [5.41, 5.74) is 2.57. The first-order valence-electron chi connectivity index (χ1n) is 7.30. The highest BCUT2D eigenvalue weighted by molar-refractivity contribution is 7.80. The van der Waals surface area contributed by atoms with Gasteiger partial charge in [0.25, 0.3) is 5.91 Å². The van der Waals surface area contributed by atoms with E-state index in [2.05, 4.69) is 42.4 Å². The van der Waals surface area contributed by atoms with Gasteiger partial charge in [-0.05, 0) is 30.9 Å². The summed E-state index contributed by atoms with van der Waals surface area (Å²) in [5.74, 6) is 0.305. The Labute approximate surface area is 132 Å². The molecule has 0 aromatic heterocycles. The van der Waals surface area contributed by atoms with Gasteiger partial charge in [0.05, 0.1) is 12.8 Å². The van der Waals surface area contributed by atoms with Crippen LogP contribution in [-0.4, -0.2) is 29.6 Å². The van der Waals surface area contributed by atoms with E-state index in [1.165, 1.54) is 17.3 Å². The number of hydrogen-bond acceptors (Lipinski definition) is 3. The first kappa shape index (κ1) is 17.5. The van der Waals surface area contributed by atoms with Gasteiger partial charge in [0.2, 0.25) is 0 Å². The highest BCUT2D eigenvalue weighted by atomic mass is 32.1. The van der Waals surface area contributed by atoms with Gasteiger partial charge in [0.1, 0.15) is 0 Å². The molecule has 0 unspecified atom stereocenters. The number of thiocarbonyl (C=S) groups is 1. The number of benzene rings is 1. The van der Waals surface area contributed by atoms with Gasteiger partial charge in [-0.2, -0.15) is 0 Å². The van der Waals surface area contributed by atoms with Gasteiger partial charge in [-0.25, -0.2) is 0 Å². The zero-order valence-electron chi connectivity index (χ0n) is 13.2. The Morgan fingerprint density at radius 3 is 2.57 bits per heavy atom.